The van der Waals surface area contributed by atoms with Gasteiger partial charge in [-0.25, -0.2) is 9.59 Å². The van der Waals surface area contributed by atoms with E-state index < -0.39 is 12.0 Å². The van der Waals surface area contributed by atoms with Gasteiger partial charge < -0.3 is 25.4 Å². The lowest BCUT2D eigenvalue weighted by Gasteiger charge is -2.29. The second kappa shape index (κ2) is 9.75. The Labute approximate surface area is 170 Å². The zero-order valence-electron chi connectivity index (χ0n) is 16.5. The standard InChI is InChI=1S/C22H25N3O4/c1-3-29-21(26)19-18(14-23-13-15-9-11-17(28-2)12-10-15)24-22(27)25-20(19)16-7-5-4-6-8-16/h4-12,20,23H,3,13-14H2,1-2H3,(H2,24,25,27)/t20-/m1/s1. The van der Waals surface area contributed by atoms with E-state index in [2.05, 4.69) is 16.0 Å². The second-order valence-corrected chi connectivity index (χ2v) is 6.51. The lowest BCUT2D eigenvalue weighted by Crippen LogP contribution is -2.48. The molecular formula is C22H25N3O4. The molecule has 0 saturated heterocycles. The summed E-state index contributed by atoms with van der Waals surface area (Å²) in [6.45, 7) is 2.90. The van der Waals surface area contributed by atoms with Crippen molar-refractivity contribution in [1.82, 2.24) is 16.0 Å². The van der Waals surface area contributed by atoms with E-state index in [0.29, 0.717) is 24.4 Å². The number of carbonyl (C=O) groups is 2. The SMILES string of the molecule is CCOC(=O)C1=C(CNCc2ccc(OC)cc2)NC(=O)N[C@@H]1c1ccccc1. The Morgan fingerprint density at radius 3 is 2.45 bits per heavy atom. The van der Waals surface area contributed by atoms with Crippen LogP contribution in [0.3, 0.4) is 0 Å². The van der Waals surface area contributed by atoms with Gasteiger partial charge in [-0.3, -0.25) is 0 Å². The molecule has 0 fully saturated rings. The summed E-state index contributed by atoms with van der Waals surface area (Å²) in [5, 5.41) is 8.86. The molecule has 2 aromatic carbocycles. The quantitative estimate of drug-likeness (QED) is 0.598. The van der Waals surface area contributed by atoms with Crippen LogP contribution in [-0.4, -0.2) is 32.3 Å². The minimum Gasteiger partial charge on any atom is -0.497 e. The van der Waals surface area contributed by atoms with Gasteiger partial charge in [-0.05, 0) is 30.2 Å². The Kier molecular flexibility index (Phi) is 6.86. The van der Waals surface area contributed by atoms with Crippen LogP contribution < -0.4 is 20.7 Å². The summed E-state index contributed by atoms with van der Waals surface area (Å²) >= 11 is 0. The summed E-state index contributed by atoms with van der Waals surface area (Å²) in [5.41, 5.74) is 2.79. The minimum absolute atomic E-state index is 0.254. The van der Waals surface area contributed by atoms with Gasteiger partial charge in [0.05, 0.1) is 25.3 Å². The van der Waals surface area contributed by atoms with Crippen molar-refractivity contribution < 1.29 is 19.1 Å². The highest BCUT2D eigenvalue weighted by molar-refractivity contribution is 5.95. The van der Waals surface area contributed by atoms with Crippen LogP contribution in [0.5, 0.6) is 5.75 Å². The fourth-order valence-corrected chi connectivity index (χ4v) is 3.18. The van der Waals surface area contributed by atoms with Gasteiger partial charge in [0.25, 0.3) is 0 Å². The average molecular weight is 395 g/mol. The molecule has 2 aromatic rings. The molecule has 0 unspecified atom stereocenters. The number of methoxy groups -OCH3 is 1. The molecule has 1 aliphatic heterocycles. The molecule has 0 aliphatic carbocycles. The first-order chi connectivity index (χ1) is 14.1. The lowest BCUT2D eigenvalue weighted by atomic mass is 9.95. The number of rotatable bonds is 8. The maximum absolute atomic E-state index is 12.7. The van der Waals surface area contributed by atoms with Crippen LogP contribution in [0.4, 0.5) is 4.79 Å². The fourth-order valence-electron chi connectivity index (χ4n) is 3.18. The number of urea groups is 1. The molecule has 2 amide bonds. The van der Waals surface area contributed by atoms with Crippen LogP contribution >= 0.6 is 0 Å². The van der Waals surface area contributed by atoms with E-state index in [-0.39, 0.29) is 12.6 Å². The largest absolute Gasteiger partial charge is 0.497 e. The Bertz CT molecular complexity index is 879. The molecule has 7 nitrogen and oxygen atoms in total. The van der Waals surface area contributed by atoms with E-state index >= 15 is 0 Å². The van der Waals surface area contributed by atoms with Crippen molar-refractivity contribution in [2.45, 2.75) is 19.5 Å². The number of nitrogens with one attached hydrogen (secondary N) is 3. The molecule has 0 spiro atoms. The van der Waals surface area contributed by atoms with Gasteiger partial charge in [-0.1, -0.05) is 42.5 Å². The Balaban J connectivity index is 1.81. The van der Waals surface area contributed by atoms with Crippen molar-refractivity contribution in [1.29, 1.82) is 0 Å². The van der Waals surface area contributed by atoms with Crippen LogP contribution in [0, 0.1) is 0 Å². The Morgan fingerprint density at radius 1 is 1.07 bits per heavy atom. The third-order valence-electron chi connectivity index (χ3n) is 4.57. The predicted octanol–water partition coefficient (Wildman–Crippen LogP) is 2.66. The number of esters is 1. The molecule has 1 heterocycles. The van der Waals surface area contributed by atoms with Gasteiger partial charge in [0.1, 0.15) is 5.75 Å². The molecule has 29 heavy (non-hydrogen) atoms. The van der Waals surface area contributed by atoms with Gasteiger partial charge in [-0.2, -0.15) is 0 Å². The van der Waals surface area contributed by atoms with Gasteiger partial charge in [0.2, 0.25) is 0 Å². The zero-order chi connectivity index (χ0) is 20.6. The highest BCUT2D eigenvalue weighted by Gasteiger charge is 2.33. The van der Waals surface area contributed by atoms with Crippen molar-refractivity contribution in [3.63, 3.8) is 0 Å². The van der Waals surface area contributed by atoms with Gasteiger partial charge in [0, 0.05) is 18.8 Å². The van der Waals surface area contributed by atoms with Crippen LogP contribution in [-0.2, 0) is 16.1 Å². The minimum atomic E-state index is -0.568. The molecule has 1 atom stereocenters. The second-order valence-electron chi connectivity index (χ2n) is 6.51. The van der Waals surface area contributed by atoms with Crippen LogP contribution in [0.25, 0.3) is 0 Å². The third-order valence-corrected chi connectivity index (χ3v) is 4.57. The molecule has 7 heteroatoms. The van der Waals surface area contributed by atoms with Crippen LogP contribution in [0.2, 0.25) is 0 Å². The van der Waals surface area contributed by atoms with Crippen LogP contribution in [0.15, 0.2) is 65.9 Å². The highest BCUT2D eigenvalue weighted by atomic mass is 16.5. The molecule has 152 valence electrons. The highest BCUT2D eigenvalue weighted by Crippen LogP contribution is 2.27. The summed E-state index contributed by atoms with van der Waals surface area (Å²) in [4.78, 5) is 24.9. The van der Waals surface area contributed by atoms with Crippen molar-refractivity contribution in [3.05, 3.63) is 77.0 Å². The third kappa shape index (κ3) is 5.14. The van der Waals surface area contributed by atoms with Crippen molar-refractivity contribution in [2.24, 2.45) is 0 Å². The van der Waals surface area contributed by atoms with E-state index in [9.17, 15) is 9.59 Å². The summed E-state index contributed by atoms with van der Waals surface area (Å²) in [7, 11) is 1.62. The van der Waals surface area contributed by atoms with Crippen molar-refractivity contribution in [2.75, 3.05) is 20.3 Å². The van der Waals surface area contributed by atoms with E-state index in [1.807, 2.05) is 54.6 Å². The predicted molar refractivity (Wildman–Crippen MR) is 109 cm³/mol. The number of carbonyl (C=O) groups excluding carboxylic acids is 2. The smallest absolute Gasteiger partial charge is 0.338 e. The van der Waals surface area contributed by atoms with Crippen molar-refractivity contribution >= 4 is 12.0 Å². The molecular weight excluding hydrogens is 370 g/mol. The van der Waals surface area contributed by atoms with E-state index in [4.69, 9.17) is 9.47 Å². The number of amides is 2. The van der Waals surface area contributed by atoms with E-state index in [0.717, 1.165) is 16.9 Å². The first kappa shape index (κ1) is 20.4. The number of hydrogen-bond donors (Lipinski definition) is 3. The van der Waals surface area contributed by atoms with Gasteiger partial charge in [0.15, 0.2) is 0 Å². The average Bonchev–Trinajstić information content (AvgIpc) is 2.74. The first-order valence-corrected chi connectivity index (χ1v) is 9.48. The summed E-state index contributed by atoms with van der Waals surface area (Å²) < 4.78 is 10.4. The molecule has 0 bridgehead atoms. The normalized spacial score (nSPS) is 16.1. The first-order valence-electron chi connectivity index (χ1n) is 9.48. The van der Waals surface area contributed by atoms with Gasteiger partial charge >= 0.3 is 12.0 Å². The topological polar surface area (TPSA) is 88.7 Å². The number of hydrogen-bond acceptors (Lipinski definition) is 5. The molecule has 1 aliphatic rings. The monoisotopic (exact) mass is 395 g/mol. The van der Waals surface area contributed by atoms with E-state index in [1.54, 1.807) is 14.0 Å². The summed E-state index contributed by atoms with van der Waals surface area (Å²) in [6.07, 6.45) is 0. The Morgan fingerprint density at radius 2 is 1.79 bits per heavy atom. The molecule has 3 N–H and O–H groups in total. The Hall–Kier alpha value is -3.32. The van der Waals surface area contributed by atoms with E-state index in [1.165, 1.54) is 0 Å². The number of benzene rings is 2. The fraction of sp³-hybridized carbons (Fsp3) is 0.273. The molecule has 0 saturated carbocycles. The summed E-state index contributed by atoms with van der Waals surface area (Å²) in [5.74, 6) is 0.340. The summed E-state index contributed by atoms with van der Waals surface area (Å²) in [6, 6.07) is 16.1. The molecule has 0 aromatic heterocycles. The van der Waals surface area contributed by atoms with Gasteiger partial charge in [-0.15, -0.1) is 0 Å². The lowest BCUT2D eigenvalue weighted by molar-refractivity contribution is -0.139. The molecule has 3 rings (SSSR count). The molecule has 0 radical (unpaired) electrons. The van der Waals surface area contributed by atoms with Crippen LogP contribution in [0.1, 0.15) is 24.1 Å². The number of ether oxygens (including phenoxy) is 2. The maximum Gasteiger partial charge on any atom is 0.338 e. The maximum atomic E-state index is 12.7. The zero-order valence-corrected chi connectivity index (χ0v) is 16.5. The van der Waals surface area contributed by atoms with Crippen molar-refractivity contribution in [3.8, 4) is 5.75 Å².